The number of hydrogen-bond acceptors (Lipinski definition) is 4. The summed E-state index contributed by atoms with van der Waals surface area (Å²) >= 11 is 1.82. The minimum absolute atomic E-state index is 0.442. The van der Waals surface area contributed by atoms with Gasteiger partial charge in [0, 0.05) is 25.5 Å². The number of aliphatic hydroxyl groups excluding tert-OH is 1. The molecule has 0 aliphatic rings. The lowest BCUT2D eigenvalue weighted by molar-refractivity contribution is 0.199. The Bertz CT molecular complexity index is 287. The predicted molar refractivity (Wildman–Crippen MR) is 66.5 cm³/mol. The maximum Gasteiger partial charge on any atom is 0.128 e. The Morgan fingerprint density at radius 2 is 2.27 bits per heavy atom. The van der Waals surface area contributed by atoms with E-state index in [1.807, 2.05) is 30.9 Å². The van der Waals surface area contributed by atoms with E-state index in [1.54, 1.807) is 13.1 Å². The zero-order chi connectivity index (χ0) is 11.3. The molecule has 84 valence electrons. The fourth-order valence-corrected chi connectivity index (χ4v) is 1.67. The van der Waals surface area contributed by atoms with Gasteiger partial charge in [0.05, 0.1) is 6.10 Å². The van der Waals surface area contributed by atoms with Crippen LogP contribution in [0.1, 0.15) is 18.6 Å². The van der Waals surface area contributed by atoms with Crippen LogP contribution in [0.15, 0.2) is 18.3 Å². The molecule has 1 N–H and O–H groups in total. The summed E-state index contributed by atoms with van der Waals surface area (Å²) in [4.78, 5) is 6.42. The fraction of sp³-hybridized carbons (Fsp3) is 0.545. The van der Waals surface area contributed by atoms with Gasteiger partial charge in [0.2, 0.25) is 0 Å². The molecule has 0 radical (unpaired) electrons. The number of nitrogens with zero attached hydrogens (tertiary/aromatic N) is 2. The highest BCUT2D eigenvalue weighted by Crippen LogP contribution is 2.14. The Hall–Kier alpha value is -0.740. The van der Waals surface area contributed by atoms with Crippen LogP contribution in [-0.2, 0) is 0 Å². The third-order valence-electron chi connectivity index (χ3n) is 2.28. The summed E-state index contributed by atoms with van der Waals surface area (Å²) in [5.74, 6) is 2.05. The van der Waals surface area contributed by atoms with Gasteiger partial charge in [-0.3, -0.25) is 0 Å². The van der Waals surface area contributed by atoms with Crippen molar-refractivity contribution in [3.05, 3.63) is 23.9 Å². The maximum absolute atomic E-state index is 9.34. The van der Waals surface area contributed by atoms with Crippen molar-refractivity contribution in [3.63, 3.8) is 0 Å². The lowest BCUT2D eigenvalue weighted by atomic mass is 10.2. The van der Waals surface area contributed by atoms with Crippen molar-refractivity contribution in [2.45, 2.75) is 13.0 Å². The van der Waals surface area contributed by atoms with E-state index in [2.05, 4.69) is 16.1 Å². The second kappa shape index (κ2) is 5.98. The van der Waals surface area contributed by atoms with E-state index in [0.29, 0.717) is 0 Å². The Morgan fingerprint density at radius 3 is 2.73 bits per heavy atom. The minimum atomic E-state index is -0.442. The number of hydrogen-bond donors (Lipinski definition) is 1. The van der Waals surface area contributed by atoms with Gasteiger partial charge in [-0.1, -0.05) is 6.07 Å². The number of thioether (sulfide) groups is 1. The highest BCUT2D eigenvalue weighted by Gasteiger charge is 2.04. The first-order chi connectivity index (χ1) is 7.15. The lowest BCUT2D eigenvalue weighted by Crippen LogP contribution is -2.21. The van der Waals surface area contributed by atoms with Crippen LogP contribution in [-0.4, -0.2) is 35.7 Å². The summed E-state index contributed by atoms with van der Waals surface area (Å²) in [6.45, 7) is 2.73. The fourth-order valence-electron chi connectivity index (χ4n) is 1.21. The monoisotopic (exact) mass is 226 g/mol. The second-order valence-corrected chi connectivity index (χ2v) is 4.53. The predicted octanol–water partition coefficient (Wildman–Crippen LogP) is 1.93. The first-order valence-electron chi connectivity index (χ1n) is 4.99. The summed E-state index contributed by atoms with van der Waals surface area (Å²) in [7, 11) is 2.03. The van der Waals surface area contributed by atoms with Crippen molar-refractivity contribution in [3.8, 4) is 0 Å². The Morgan fingerprint density at radius 1 is 1.53 bits per heavy atom. The van der Waals surface area contributed by atoms with Crippen LogP contribution in [0, 0.1) is 0 Å². The summed E-state index contributed by atoms with van der Waals surface area (Å²) in [5.41, 5.74) is 0.858. The van der Waals surface area contributed by atoms with Gasteiger partial charge in [0.15, 0.2) is 0 Å². The molecule has 1 aromatic heterocycles. The van der Waals surface area contributed by atoms with Crippen LogP contribution in [0.2, 0.25) is 0 Å². The first kappa shape index (κ1) is 12.3. The molecule has 1 rings (SSSR count). The number of pyridine rings is 1. The molecule has 4 heteroatoms. The summed E-state index contributed by atoms with van der Waals surface area (Å²) < 4.78 is 0. The molecule has 0 aromatic carbocycles. The highest BCUT2D eigenvalue weighted by atomic mass is 32.2. The molecule has 0 bridgehead atoms. The summed E-state index contributed by atoms with van der Waals surface area (Å²) in [5, 5.41) is 9.34. The zero-order valence-corrected chi connectivity index (χ0v) is 10.3. The maximum atomic E-state index is 9.34. The van der Waals surface area contributed by atoms with Crippen LogP contribution >= 0.6 is 11.8 Å². The van der Waals surface area contributed by atoms with Crippen LogP contribution in [0.4, 0.5) is 5.82 Å². The molecule has 0 aliphatic heterocycles. The molecule has 1 atom stereocenters. The molecule has 0 spiro atoms. The number of anilines is 1. The van der Waals surface area contributed by atoms with Gasteiger partial charge in [-0.15, -0.1) is 0 Å². The van der Waals surface area contributed by atoms with Crippen LogP contribution in [0.3, 0.4) is 0 Å². The third kappa shape index (κ3) is 3.72. The molecule has 1 aromatic rings. The third-order valence-corrected chi connectivity index (χ3v) is 2.87. The topological polar surface area (TPSA) is 36.4 Å². The van der Waals surface area contributed by atoms with Gasteiger partial charge in [-0.2, -0.15) is 11.8 Å². The van der Waals surface area contributed by atoms with E-state index in [0.717, 1.165) is 23.7 Å². The van der Waals surface area contributed by atoms with E-state index < -0.39 is 6.10 Å². The molecule has 0 saturated carbocycles. The van der Waals surface area contributed by atoms with Gasteiger partial charge < -0.3 is 10.0 Å². The molecule has 0 unspecified atom stereocenters. The van der Waals surface area contributed by atoms with Crippen molar-refractivity contribution in [1.29, 1.82) is 0 Å². The van der Waals surface area contributed by atoms with Gasteiger partial charge >= 0.3 is 0 Å². The van der Waals surface area contributed by atoms with Crippen LogP contribution < -0.4 is 4.90 Å². The second-order valence-electron chi connectivity index (χ2n) is 3.54. The molecule has 0 amide bonds. The quantitative estimate of drug-likeness (QED) is 0.832. The van der Waals surface area contributed by atoms with Gasteiger partial charge in [-0.25, -0.2) is 4.98 Å². The van der Waals surface area contributed by atoms with E-state index in [9.17, 15) is 5.11 Å². The number of aliphatic hydroxyl groups is 1. The molecule has 0 saturated heterocycles. The molecule has 15 heavy (non-hydrogen) atoms. The van der Waals surface area contributed by atoms with E-state index in [-0.39, 0.29) is 0 Å². The van der Waals surface area contributed by atoms with Crippen molar-refractivity contribution in [2.75, 3.05) is 30.5 Å². The van der Waals surface area contributed by atoms with Crippen molar-refractivity contribution >= 4 is 17.6 Å². The van der Waals surface area contributed by atoms with Crippen LogP contribution in [0.5, 0.6) is 0 Å². The number of rotatable bonds is 5. The molecular weight excluding hydrogens is 208 g/mol. The van der Waals surface area contributed by atoms with E-state index in [4.69, 9.17) is 0 Å². The number of aromatic nitrogens is 1. The molecular formula is C11H18N2OS. The lowest BCUT2D eigenvalue weighted by Gasteiger charge is -2.17. The Labute approximate surface area is 95.5 Å². The summed E-state index contributed by atoms with van der Waals surface area (Å²) in [6.07, 6.45) is 3.39. The van der Waals surface area contributed by atoms with Gasteiger partial charge in [-0.05, 0) is 24.8 Å². The largest absolute Gasteiger partial charge is 0.389 e. The van der Waals surface area contributed by atoms with Gasteiger partial charge in [0.1, 0.15) is 5.82 Å². The normalized spacial score (nSPS) is 12.5. The zero-order valence-electron chi connectivity index (χ0n) is 9.47. The summed E-state index contributed by atoms with van der Waals surface area (Å²) in [6, 6.07) is 3.87. The average Bonchev–Trinajstić information content (AvgIpc) is 2.26. The molecule has 3 nitrogen and oxygen atoms in total. The molecule has 0 aliphatic carbocycles. The standard InChI is InChI=1S/C11H18N2OS/c1-9(14)10-4-5-11(12-8-10)13(2)6-7-15-3/h4-5,8-9,14H,6-7H2,1-3H3/t9-/m1/s1. The van der Waals surface area contributed by atoms with Crippen molar-refractivity contribution < 1.29 is 5.11 Å². The molecule has 0 fully saturated rings. The van der Waals surface area contributed by atoms with Gasteiger partial charge in [0.25, 0.3) is 0 Å². The molecule has 1 heterocycles. The average molecular weight is 226 g/mol. The smallest absolute Gasteiger partial charge is 0.128 e. The van der Waals surface area contributed by atoms with E-state index >= 15 is 0 Å². The Balaban J connectivity index is 2.62. The highest BCUT2D eigenvalue weighted by molar-refractivity contribution is 7.98. The first-order valence-corrected chi connectivity index (χ1v) is 6.38. The van der Waals surface area contributed by atoms with Crippen molar-refractivity contribution in [1.82, 2.24) is 4.98 Å². The SMILES string of the molecule is CSCCN(C)c1ccc([C@@H](C)O)cn1. The Kier molecular flexibility index (Phi) is 4.91. The van der Waals surface area contributed by atoms with Crippen molar-refractivity contribution in [2.24, 2.45) is 0 Å². The van der Waals surface area contributed by atoms with Crippen LogP contribution in [0.25, 0.3) is 0 Å². The van der Waals surface area contributed by atoms with E-state index in [1.165, 1.54) is 0 Å². The minimum Gasteiger partial charge on any atom is -0.389 e.